The molecule has 0 aromatic heterocycles. The predicted molar refractivity (Wildman–Crippen MR) is 89.3 cm³/mol. The molecule has 0 N–H and O–H groups in total. The van der Waals surface area contributed by atoms with E-state index in [1.165, 1.54) is 10.6 Å². The van der Waals surface area contributed by atoms with Gasteiger partial charge in [0.1, 0.15) is 0 Å². The maximum Gasteiger partial charge on any atom is 0.223 e. The van der Waals surface area contributed by atoms with Gasteiger partial charge in [-0.1, -0.05) is 26.7 Å². The van der Waals surface area contributed by atoms with Crippen LogP contribution < -0.4 is 0 Å². The Balaban J connectivity index is 2.42. The molecule has 1 saturated heterocycles. The highest BCUT2D eigenvalue weighted by Gasteiger charge is 2.22. The SMILES string of the molecule is CCCCCN(CCC(=O)N1CCN(CC)CC1)S(C)(=O)=O. The zero-order valence-electron chi connectivity index (χ0n) is 14.3. The minimum Gasteiger partial charge on any atom is -0.340 e. The molecule has 1 rings (SSSR count). The summed E-state index contributed by atoms with van der Waals surface area (Å²) in [5, 5.41) is 0. The number of carbonyl (C=O) groups excluding carboxylic acids is 1. The lowest BCUT2D eigenvalue weighted by Crippen LogP contribution is -2.49. The molecular formula is C15H31N3O3S. The molecule has 0 aromatic rings. The second-order valence-electron chi connectivity index (χ2n) is 5.93. The second-order valence-corrected chi connectivity index (χ2v) is 7.92. The first kappa shape index (κ1) is 19.4. The van der Waals surface area contributed by atoms with E-state index < -0.39 is 10.0 Å². The van der Waals surface area contributed by atoms with Crippen molar-refractivity contribution >= 4 is 15.9 Å². The van der Waals surface area contributed by atoms with Crippen LogP contribution in [0.1, 0.15) is 39.5 Å². The lowest BCUT2D eigenvalue weighted by molar-refractivity contribution is -0.133. The summed E-state index contributed by atoms with van der Waals surface area (Å²) < 4.78 is 25.0. The van der Waals surface area contributed by atoms with Crippen LogP contribution in [-0.2, 0) is 14.8 Å². The highest BCUT2D eigenvalue weighted by molar-refractivity contribution is 7.88. The average Bonchev–Trinajstić information content (AvgIpc) is 2.49. The van der Waals surface area contributed by atoms with Gasteiger partial charge in [0, 0.05) is 45.7 Å². The summed E-state index contributed by atoms with van der Waals surface area (Å²) in [7, 11) is -3.23. The summed E-state index contributed by atoms with van der Waals surface area (Å²) in [6.07, 6.45) is 4.43. The molecule has 0 unspecified atom stereocenters. The standard InChI is InChI=1S/C15H31N3O3S/c1-4-6-7-9-18(22(3,20)21)10-8-15(19)17-13-11-16(5-2)12-14-17/h4-14H2,1-3H3. The fraction of sp³-hybridized carbons (Fsp3) is 0.933. The van der Waals surface area contributed by atoms with Gasteiger partial charge >= 0.3 is 0 Å². The van der Waals surface area contributed by atoms with Crippen molar-refractivity contribution in [2.45, 2.75) is 39.5 Å². The largest absolute Gasteiger partial charge is 0.340 e. The summed E-state index contributed by atoms with van der Waals surface area (Å²) in [4.78, 5) is 16.4. The van der Waals surface area contributed by atoms with Crippen LogP contribution in [0.3, 0.4) is 0 Å². The smallest absolute Gasteiger partial charge is 0.223 e. The Morgan fingerprint density at radius 3 is 2.18 bits per heavy atom. The van der Waals surface area contributed by atoms with E-state index in [0.29, 0.717) is 13.1 Å². The van der Waals surface area contributed by atoms with E-state index in [1.54, 1.807) is 0 Å². The van der Waals surface area contributed by atoms with Crippen LogP contribution in [-0.4, -0.2) is 80.5 Å². The van der Waals surface area contributed by atoms with Crippen molar-refractivity contribution in [1.82, 2.24) is 14.1 Å². The monoisotopic (exact) mass is 333 g/mol. The summed E-state index contributed by atoms with van der Waals surface area (Å²) in [6.45, 7) is 9.37. The Labute approximate surface area is 135 Å². The van der Waals surface area contributed by atoms with E-state index in [0.717, 1.165) is 52.0 Å². The zero-order valence-corrected chi connectivity index (χ0v) is 15.1. The van der Waals surface area contributed by atoms with E-state index in [4.69, 9.17) is 0 Å². The Hall–Kier alpha value is -0.660. The normalized spacial score (nSPS) is 17.2. The van der Waals surface area contributed by atoms with E-state index in [1.807, 2.05) is 4.90 Å². The number of unbranched alkanes of at least 4 members (excludes halogenated alkanes) is 2. The van der Waals surface area contributed by atoms with Gasteiger partial charge in [0.2, 0.25) is 15.9 Å². The predicted octanol–water partition coefficient (Wildman–Crippen LogP) is 0.992. The first-order valence-electron chi connectivity index (χ1n) is 8.33. The zero-order chi connectivity index (χ0) is 16.6. The Bertz CT molecular complexity index is 431. The van der Waals surface area contributed by atoms with Crippen LogP contribution >= 0.6 is 0 Å². The van der Waals surface area contributed by atoms with Gasteiger partial charge in [-0.05, 0) is 13.0 Å². The molecule has 0 spiro atoms. The number of amides is 1. The van der Waals surface area contributed by atoms with Crippen molar-refractivity contribution in [2.75, 3.05) is 52.1 Å². The van der Waals surface area contributed by atoms with Crippen molar-refractivity contribution in [1.29, 1.82) is 0 Å². The molecule has 1 fully saturated rings. The number of piperazine rings is 1. The molecule has 1 heterocycles. The number of rotatable bonds is 9. The number of sulfonamides is 1. The molecule has 0 aliphatic carbocycles. The topological polar surface area (TPSA) is 60.9 Å². The van der Waals surface area contributed by atoms with Gasteiger partial charge in [-0.3, -0.25) is 4.79 Å². The fourth-order valence-electron chi connectivity index (χ4n) is 2.67. The van der Waals surface area contributed by atoms with Crippen LogP contribution in [0.5, 0.6) is 0 Å². The third-order valence-corrected chi connectivity index (χ3v) is 5.53. The Morgan fingerprint density at radius 1 is 1.05 bits per heavy atom. The third kappa shape index (κ3) is 6.62. The molecule has 1 aliphatic heterocycles. The number of hydrogen-bond donors (Lipinski definition) is 0. The minimum atomic E-state index is -3.23. The van der Waals surface area contributed by atoms with Crippen molar-refractivity contribution in [2.24, 2.45) is 0 Å². The van der Waals surface area contributed by atoms with E-state index in [-0.39, 0.29) is 12.3 Å². The molecule has 22 heavy (non-hydrogen) atoms. The number of carbonyl (C=O) groups is 1. The van der Waals surface area contributed by atoms with Crippen LogP contribution in [0, 0.1) is 0 Å². The number of likely N-dealkylation sites (N-methyl/N-ethyl adjacent to an activating group) is 1. The minimum absolute atomic E-state index is 0.0693. The van der Waals surface area contributed by atoms with Gasteiger partial charge in [-0.2, -0.15) is 0 Å². The van der Waals surface area contributed by atoms with E-state index in [9.17, 15) is 13.2 Å². The molecule has 7 heteroatoms. The maximum atomic E-state index is 12.2. The van der Waals surface area contributed by atoms with Gasteiger partial charge in [0.15, 0.2) is 0 Å². The van der Waals surface area contributed by atoms with E-state index >= 15 is 0 Å². The second kappa shape index (κ2) is 9.47. The fourth-order valence-corrected chi connectivity index (χ4v) is 3.56. The van der Waals surface area contributed by atoms with Gasteiger partial charge in [-0.15, -0.1) is 0 Å². The van der Waals surface area contributed by atoms with Crippen LogP contribution in [0.25, 0.3) is 0 Å². The summed E-state index contributed by atoms with van der Waals surface area (Å²) in [6, 6.07) is 0. The van der Waals surface area contributed by atoms with E-state index in [2.05, 4.69) is 18.7 Å². The molecule has 1 amide bonds. The first-order valence-corrected chi connectivity index (χ1v) is 10.2. The van der Waals surface area contributed by atoms with Crippen molar-refractivity contribution < 1.29 is 13.2 Å². The number of nitrogens with zero attached hydrogens (tertiary/aromatic N) is 3. The molecule has 0 atom stereocenters. The average molecular weight is 333 g/mol. The van der Waals surface area contributed by atoms with Gasteiger partial charge in [0.05, 0.1) is 6.26 Å². The molecule has 0 aromatic carbocycles. The lowest BCUT2D eigenvalue weighted by Gasteiger charge is -2.34. The third-order valence-electron chi connectivity index (χ3n) is 4.23. The van der Waals surface area contributed by atoms with Crippen molar-refractivity contribution in [3.63, 3.8) is 0 Å². The molecular weight excluding hydrogens is 302 g/mol. The molecule has 0 saturated carbocycles. The molecule has 0 bridgehead atoms. The Kier molecular flexibility index (Phi) is 8.35. The Morgan fingerprint density at radius 2 is 1.68 bits per heavy atom. The highest BCUT2D eigenvalue weighted by Crippen LogP contribution is 2.08. The lowest BCUT2D eigenvalue weighted by atomic mass is 10.2. The van der Waals surface area contributed by atoms with Gasteiger partial charge in [-0.25, -0.2) is 12.7 Å². The van der Waals surface area contributed by atoms with Gasteiger partial charge in [0.25, 0.3) is 0 Å². The highest BCUT2D eigenvalue weighted by atomic mass is 32.2. The van der Waals surface area contributed by atoms with Crippen LogP contribution in [0.15, 0.2) is 0 Å². The van der Waals surface area contributed by atoms with Crippen LogP contribution in [0.4, 0.5) is 0 Å². The van der Waals surface area contributed by atoms with Crippen LogP contribution in [0.2, 0.25) is 0 Å². The summed E-state index contributed by atoms with van der Waals surface area (Å²) in [5.74, 6) is 0.0693. The summed E-state index contributed by atoms with van der Waals surface area (Å²) >= 11 is 0. The van der Waals surface area contributed by atoms with Crippen molar-refractivity contribution in [3.8, 4) is 0 Å². The summed E-state index contributed by atoms with van der Waals surface area (Å²) in [5.41, 5.74) is 0. The number of hydrogen-bond acceptors (Lipinski definition) is 4. The molecule has 1 aliphatic rings. The maximum absolute atomic E-state index is 12.2. The molecule has 130 valence electrons. The quantitative estimate of drug-likeness (QED) is 0.591. The molecule has 6 nitrogen and oxygen atoms in total. The molecule has 0 radical (unpaired) electrons. The van der Waals surface area contributed by atoms with Gasteiger partial charge < -0.3 is 9.80 Å². The van der Waals surface area contributed by atoms with Crippen molar-refractivity contribution in [3.05, 3.63) is 0 Å². The first-order chi connectivity index (χ1) is 10.4.